The van der Waals surface area contributed by atoms with E-state index in [0.717, 1.165) is 56.4 Å². The second-order valence-electron chi connectivity index (χ2n) is 9.65. The first-order valence-corrected chi connectivity index (χ1v) is 12.0. The molecule has 1 heterocycles. The SMILES string of the molecule is C=CCN1CC[C@@]2(c3cccc(O)c3)C[C@H](N(C)C(=O)OCc3ccccc3)CC[C@]2(OC)C1. The molecule has 34 heavy (non-hydrogen) atoms. The molecule has 2 fully saturated rings. The largest absolute Gasteiger partial charge is 0.508 e. The molecule has 1 saturated carbocycles. The molecule has 182 valence electrons. The van der Waals surface area contributed by atoms with Gasteiger partial charge in [-0.3, -0.25) is 4.90 Å². The van der Waals surface area contributed by atoms with Gasteiger partial charge in [-0.25, -0.2) is 4.79 Å². The number of ether oxygens (including phenoxy) is 2. The van der Waals surface area contributed by atoms with Gasteiger partial charge >= 0.3 is 6.09 Å². The van der Waals surface area contributed by atoms with Crippen LogP contribution >= 0.6 is 0 Å². The maximum absolute atomic E-state index is 13.0. The third kappa shape index (κ3) is 4.57. The number of phenols is 1. The van der Waals surface area contributed by atoms with Crippen LogP contribution in [-0.4, -0.2) is 66.4 Å². The standard InChI is InChI=1S/C28H36N2O4/c1-4-16-30-17-15-27(23-11-8-12-25(31)18-23)19-24(13-14-28(27,21-30)33-3)29(2)26(32)34-20-22-9-6-5-7-10-22/h4-12,18,24,31H,1,13-17,19-21H2,2-3H3/t24-,27+,28+/m1/s1. The quantitative estimate of drug-likeness (QED) is 0.601. The molecule has 6 heteroatoms. The van der Waals surface area contributed by atoms with E-state index in [4.69, 9.17) is 9.47 Å². The number of aromatic hydroxyl groups is 1. The number of piperidine rings is 1. The van der Waals surface area contributed by atoms with Gasteiger partial charge < -0.3 is 19.5 Å². The summed E-state index contributed by atoms with van der Waals surface area (Å²) >= 11 is 0. The number of phenolic OH excluding ortho intramolecular Hbond substituents is 1. The van der Waals surface area contributed by atoms with Gasteiger partial charge in [0.05, 0.1) is 5.60 Å². The van der Waals surface area contributed by atoms with Crippen molar-refractivity contribution in [1.82, 2.24) is 9.80 Å². The number of nitrogens with zero attached hydrogens (tertiary/aromatic N) is 2. The summed E-state index contributed by atoms with van der Waals surface area (Å²) in [6.45, 7) is 6.68. The smallest absolute Gasteiger partial charge is 0.410 e. The topological polar surface area (TPSA) is 62.2 Å². The zero-order valence-electron chi connectivity index (χ0n) is 20.3. The van der Waals surface area contributed by atoms with E-state index in [1.807, 2.05) is 55.6 Å². The van der Waals surface area contributed by atoms with Crippen molar-refractivity contribution in [3.05, 3.63) is 78.4 Å². The summed E-state index contributed by atoms with van der Waals surface area (Å²) in [6.07, 6.45) is 4.90. The van der Waals surface area contributed by atoms with Gasteiger partial charge in [-0.2, -0.15) is 0 Å². The molecule has 1 amide bonds. The number of hydrogen-bond donors (Lipinski definition) is 1. The Balaban J connectivity index is 1.59. The van der Waals surface area contributed by atoms with Crippen molar-refractivity contribution in [2.45, 2.75) is 49.3 Å². The molecule has 0 unspecified atom stereocenters. The van der Waals surface area contributed by atoms with Crippen LogP contribution in [0.2, 0.25) is 0 Å². The molecule has 4 rings (SSSR count). The van der Waals surface area contributed by atoms with E-state index < -0.39 is 5.60 Å². The first kappa shape index (κ1) is 24.3. The first-order chi connectivity index (χ1) is 16.4. The Bertz CT molecular complexity index is 997. The fourth-order valence-corrected chi connectivity index (χ4v) is 6.01. The van der Waals surface area contributed by atoms with Crippen LogP contribution in [0.4, 0.5) is 4.79 Å². The minimum absolute atomic E-state index is 0.0138. The van der Waals surface area contributed by atoms with Crippen molar-refractivity contribution in [3.8, 4) is 5.75 Å². The van der Waals surface area contributed by atoms with Gasteiger partial charge in [-0.1, -0.05) is 48.5 Å². The maximum Gasteiger partial charge on any atom is 0.410 e. The fourth-order valence-electron chi connectivity index (χ4n) is 6.01. The molecule has 0 bridgehead atoms. The average molecular weight is 465 g/mol. The third-order valence-corrected chi connectivity index (χ3v) is 7.89. The normalized spacial score (nSPS) is 26.9. The molecule has 1 aliphatic carbocycles. The lowest BCUT2D eigenvalue weighted by Gasteiger charge is -2.60. The van der Waals surface area contributed by atoms with E-state index >= 15 is 0 Å². The zero-order valence-corrected chi connectivity index (χ0v) is 20.3. The molecular weight excluding hydrogens is 428 g/mol. The van der Waals surface area contributed by atoms with Crippen LogP contribution in [0.3, 0.4) is 0 Å². The lowest BCUT2D eigenvalue weighted by molar-refractivity contribution is -0.152. The zero-order chi connectivity index (χ0) is 24.2. The Hall–Kier alpha value is -2.83. The number of benzene rings is 2. The summed E-state index contributed by atoms with van der Waals surface area (Å²) in [5, 5.41) is 10.3. The van der Waals surface area contributed by atoms with E-state index in [0.29, 0.717) is 0 Å². The number of carbonyl (C=O) groups is 1. The van der Waals surface area contributed by atoms with Gasteiger partial charge in [0.2, 0.25) is 0 Å². The van der Waals surface area contributed by atoms with Gasteiger partial charge in [-0.05, 0) is 55.5 Å². The van der Waals surface area contributed by atoms with Crippen LogP contribution in [0.1, 0.15) is 36.8 Å². The molecule has 2 aromatic carbocycles. The lowest BCUT2D eigenvalue weighted by atomic mass is 9.55. The molecule has 1 aliphatic heterocycles. The predicted octanol–water partition coefficient (Wildman–Crippen LogP) is 4.73. The Kier molecular flexibility index (Phi) is 7.29. The van der Waals surface area contributed by atoms with E-state index in [9.17, 15) is 9.90 Å². The van der Waals surface area contributed by atoms with E-state index in [2.05, 4.69) is 17.5 Å². The number of amides is 1. The molecule has 2 aliphatic rings. The lowest BCUT2D eigenvalue weighted by Crippen LogP contribution is -2.68. The number of likely N-dealkylation sites (tertiary alicyclic amines) is 1. The van der Waals surface area contributed by atoms with Crippen LogP contribution in [0.15, 0.2) is 67.3 Å². The fraction of sp³-hybridized carbons (Fsp3) is 0.464. The molecular formula is C28H36N2O4. The molecule has 1 N–H and O–H groups in total. The second kappa shape index (κ2) is 10.2. The van der Waals surface area contributed by atoms with Crippen molar-refractivity contribution >= 4 is 6.09 Å². The van der Waals surface area contributed by atoms with Crippen LogP contribution in [0, 0.1) is 0 Å². The van der Waals surface area contributed by atoms with Crippen molar-refractivity contribution < 1.29 is 19.4 Å². The van der Waals surface area contributed by atoms with Gasteiger partial charge in [-0.15, -0.1) is 6.58 Å². The molecule has 0 aromatic heterocycles. The van der Waals surface area contributed by atoms with Crippen molar-refractivity contribution in [2.24, 2.45) is 0 Å². The summed E-state index contributed by atoms with van der Waals surface area (Å²) in [5.74, 6) is 0.253. The van der Waals surface area contributed by atoms with E-state index in [1.165, 1.54) is 0 Å². The van der Waals surface area contributed by atoms with Gasteiger partial charge in [0.25, 0.3) is 0 Å². The highest BCUT2D eigenvalue weighted by Gasteiger charge is 2.59. The first-order valence-electron chi connectivity index (χ1n) is 12.0. The molecule has 6 nitrogen and oxygen atoms in total. The minimum atomic E-state index is -0.409. The van der Waals surface area contributed by atoms with Crippen LogP contribution in [-0.2, 0) is 21.5 Å². The number of methoxy groups -OCH3 is 1. The van der Waals surface area contributed by atoms with Crippen molar-refractivity contribution in [3.63, 3.8) is 0 Å². The Labute approximate surface area is 202 Å². The van der Waals surface area contributed by atoms with Gasteiger partial charge in [0, 0.05) is 38.7 Å². The number of hydrogen-bond acceptors (Lipinski definition) is 5. The number of fused-ring (bicyclic) bond motifs is 1. The Morgan fingerprint density at radius 1 is 1.24 bits per heavy atom. The number of carbonyl (C=O) groups excluding carboxylic acids is 1. The average Bonchev–Trinajstić information content (AvgIpc) is 2.87. The van der Waals surface area contributed by atoms with Crippen molar-refractivity contribution in [2.75, 3.05) is 33.8 Å². The molecule has 1 saturated heterocycles. The monoisotopic (exact) mass is 464 g/mol. The van der Waals surface area contributed by atoms with E-state index in [-0.39, 0.29) is 29.9 Å². The molecule has 2 aromatic rings. The summed E-state index contributed by atoms with van der Waals surface area (Å²) in [4.78, 5) is 17.1. The summed E-state index contributed by atoms with van der Waals surface area (Å²) in [5.41, 5.74) is 1.31. The summed E-state index contributed by atoms with van der Waals surface area (Å²) in [7, 11) is 3.63. The summed E-state index contributed by atoms with van der Waals surface area (Å²) in [6, 6.07) is 17.3. The van der Waals surface area contributed by atoms with E-state index in [1.54, 1.807) is 18.1 Å². The summed E-state index contributed by atoms with van der Waals surface area (Å²) < 4.78 is 12.0. The van der Waals surface area contributed by atoms with Crippen LogP contribution in [0.25, 0.3) is 0 Å². The predicted molar refractivity (Wildman–Crippen MR) is 133 cm³/mol. The molecule has 3 atom stereocenters. The Morgan fingerprint density at radius 2 is 2.03 bits per heavy atom. The van der Waals surface area contributed by atoms with Gasteiger partial charge in [0.15, 0.2) is 0 Å². The van der Waals surface area contributed by atoms with Gasteiger partial charge in [0.1, 0.15) is 12.4 Å². The number of rotatable bonds is 7. The third-order valence-electron chi connectivity index (χ3n) is 7.89. The molecule has 0 spiro atoms. The highest BCUT2D eigenvalue weighted by Crippen LogP contribution is 2.54. The second-order valence-corrected chi connectivity index (χ2v) is 9.65. The van der Waals surface area contributed by atoms with Crippen molar-refractivity contribution in [1.29, 1.82) is 0 Å². The minimum Gasteiger partial charge on any atom is -0.508 e. The van der Waals surface area contributed by atoms with Crippen LogP contribution < -0.4 is 0 Å². The Morgan fingerprint density at radius 3 is 2.74 bits per heavy atom. The highest BCUT2D eigenvalue weighted by molar-refractivity contribution is 5.67. The molecule has 0 radical (unpaired) electrons. The highest BCUT2D eigenvalue weighted by atomic mass is 16.6. The maximum atomic E-state index is 13.0. The van der Waals surface area contributed by atoms with Crippen LogP contribution in [0.5, 0.6) is 5.75 Å².